The van der Waals surface area contributed by atoms with Crippen molar-refractivity contribution in [3.63, 3.8) is 0 Å². The Balaban J connectivity index is 2.25. The summed E-state index contributed by atoms with van der Waals surface area (Å²) in [4.78, 5) is 15.8. The van der Waals surface area contributed by atoms with Crippen LogP contribution in [0.4, 0.5) is 10.1 Å². The highest BCUT2D eigenvalue weighted by Crippen LogP contribution is 2.20. The Labute approximate surface area is 109 Å². The average Bonchev–Trinajstić information content (AvgIpc) is 2.31. The van der Waals surface area contributed by atoms with Gasteiger partial charge in [0.2, 0.25) is 0 Å². The van der Waals surface area contributed by atoms with E-state index < -0.39 is 11.7 Å². The summed E-state index contributed by atoms with van der Waals surface area (Å²) in [5.41, 5.74) is 1.32. The number of pyridine rings is 1. The summed E-state index contributed by atoms with van der Waals surface area (Å²) in [6.45, 7) is 1.72. The van der Waals surface area contributed by atoms with Gasteiger partial charge >= 0.3 is 0 Å². The molecule has 0 bridgehead atoms. The molecule has 1 heterocycles. The monoisotopic (exact) mass is 264 g/mol. The topological polar surface area (TPSA) is 42.0 Å². The molecule has 0 unspecified atom stereocenters. The summed E-state index contributed by atoms with van der Waals surface area (Å²) in [6, 6.07) is 5.69. The van der Waals surface area contributed by atoms with E-state index in [1.165, 1.54) is 24.5 Å². The number of carbonyl (C=O) groups excluding carboxylic acids is 1. The molecule has 2 aromatic rings. The second-order valence-electron chi connectivity index (χ2n) is 3.83. The van der Waals surface area contributed by atoms with E-state index in [0.717, 1.165) is 0 Å². The second-order valence-corrected chi connectivity index (χ2v) is 4.23. The Hall–Kier alpha value is -1.94. The first-order valence-corrected chi connectivity index (χ1v) is 5.62. The van der Waals surface area contributed by atoms with E-state index in [9.17, 15) is 9.18 Å². The maximum Gasteiger partial charge on any atom is 0.255 e. The minimum absolute atomic E-state index is 0.243. The number of halogens is 2. The Kier molecular flexibility index (Phi) is 3.58. The molecule has 3 nitrogen and oxygen atoms in total. The fraction of sp³-hybridized carbons (Fsp3) is 0.0769. The van der Waals surface area contributed by atoms with Gasteiger partial charge in [0.05, 0.1) is 16.9 Å². The number of benzene rings is 1. The van der Waals surface area contributed by atoms with Crippen molar-refractivity contribution in [2.24, 2.45) is 0 Å². The lowest BCUT2D eigenvalue weighted by Crippen LogP contribution is -2.12. The molecule has 1 N–H and O–H groups in total. The third-order valence-electron chi connectivity index (χ3n) is 2.32. The zero-order valence-electron chi connectivity index (χ0n) is 9.58. The van der Waals surface area contributed by atoms with Gasteiger partial charge in [0.15, 0.2) is 0 Å². The number of nitrogens with one attached hydrogen (secondary N) is 1. The van der Waals surface area contributed by atoms with Crippen molar-refractivity contribution in [1.29, 1.82) is 0 Å². The molecule has 0 aliphatic heterocycles. The molecule has 0 atom stereocenters. The normalized spacial score (nSPS) is 10.2. The summed E-state index contributed by atoms with van der Waals surface area (Å²) in [6.07, 6.45) is 2.96. The number of aromatic nitrogens is 1. The van der Waals surface area contributed by atoms with Gasteiger partial charge in [-0.15, -0.1) is 0 Å². The fourth-order valence-electron chi connectivity index (χ4n) is 1.53. The molecule has 0 aliphatic carbocycles. The number of rotatable bonds is 2. The van der Waals surface area contributed by atoms with E-state index in [-0.39, 0.29) is 5.56 Å². The van der Waals surface area contributed by atoms with Gasteiger partial charge in [-0.1, -0.05) is 11.6 Å². The Morgan fingerprint density at radius 2 is 2.17 bits per heavy atom. The number of carbonyl (C=O) groups is 1. The van der Waals surface area contributed by atoms with Crippen molar-refractivity contribution in [2.75, 3.05) is 5.32 Å². The zero-order chi connectivity index (χ0) is 13.1. The lowest BCUT2D eigenvalue weighted by atomic mass is 10.1. The maximum absolute atomic E-state index is 13.2. The molecular weight excluding hydrogens is 255 g/mol. The van der Waals surface area contributed by atoms with Crippen molar-refractivity contribution in [2.45, 2.75) is 6.92 Å². The minimum Gasteiger partial charge on any atom is -0.319 e. The van der Waals surface area contributed by atoms with Gasteiger partial charge in [-0.3, -0.25) is 9.78 Å². The van der Waals surface area contributed by atoms with Crippen LogP contribution in [-0.2, 0) is 0 Å². The van der Waals surface area contributed by atoms with Crippen molar-refractivity contribution in [3.05, 3.63) is 58.6 Å². The van der Waals surface area contributed by atoms with Gasteiger partial charge in [-0.05, 0) is 36.8 Å². The van der Waals surface area contributed by atoms with E-state index in [0.29, 0.717) is 16.3 Å². The lowest BCUT2D eigenvalue weighted by molar-refractivity contribution is 0.102. The molecule has 18 heavy (non-hydrogen) atoms. The first-order chi connectivity index (χ1) is 8.56. The number of nitrogens with zero attached hydrogens (tertiary/aromatic N) is 1. The van der Waals surface area contributed by atoms with E-state index in [2.05, 4.69) is 10.3 Å². The number of hydrogen-bond donors (Lipinski definition) is 1. The molecule has 0 saturated carbocycles. The maximum atomic E-state index is 13.2. The van der Waals surface area contributed by atoms with Gasteiger partial charge in [-0.2, -0.15) is 0 Å². The summed E-state index contributed by atoms with van der Waals surface area (Å²) in [5.74, 6) is -0.870. The van der Waals surface area contributed by atoms with Crippen LogP contribution in [0.1, 0.15) is 15.9 Å². The number of hydrogen-bond acceptors (Lipinski definition) is 2. The summed E-state index contributed by atoms with van der Waals surface area (Å²) in [5, 5.41) is 2.96. The highest BCUT2D eigenvalue weighted by Gasteiger charge is 2.10. The van der Waals surface area contributed by atoms with Crippen molar-refractivity contribution < 1.29 is 9.18 Å². The molecule has 0 aliphatic rings. The van der Waals surface area contributed by atoms with Gasteiger partial charge in [0.25, 0.3) is 5.91 Å². The van der Waals surface area contributed by atoms with Crippen molar-refractivity contribution >= 4 is 23.2 Å². The standard InChI is InChI=1S/C13H10ClFN2O/c1-8-4-9(6-10(15)5-8)13(18)17-12-7-16-3-2-11(12)14/h2-7H,1H3,(H,17,18). The van der Waals surface area contributed by atoms with Crippen LogP contribution in [0.3, 0.4) is 0 Å². The first kappa shape index (κ1) is 12.5. The first-order valence-electron chi connectivity index (χ1n) is 5.24. The van der Waals surface area contributed by atoms with E-state index in [1.54, 1.807) is 19.1 Å². The van der Waals surface area contributed by atoms with Gasteiger partial charge in [0, 0.05) is 11.8 Å². The minimum atomic E-state index is -0.447. The highest BCUT2D eigenvalue weighted by molar-refractivity contribution is 6.33. The number of aryl methyl sites for hydroxylation is 1. The predicted octanol–water partition coefficient (Wildman–Crippen LogP) is 3.43. The summed E-state index contributed by atoms with van der Waals surface area (Å²) in [7, 11) is 0. The molecule has 0 saturated heterocycles. The molecule has 1 aromatic heterocycles. The van der Waals surface area contributed by atoms with Crippen LogP contribution in [0.5, 0.6) is 0 Å². The van der Waals surface area contributed by atoms with Crippen LogP contribution >= 0.6 is 11.6 Å². The summed E-state index contributed by atoms with van der Waals surface area (Å²) >= 11 is 5.89. The molecule has 92 valence electrons. The van der Waals surface area contributed by atoms with Gasteiger partial charge in [-0.25, -0.2) is 4.39 Å². The Bertz CT molecular complexity index is 581. The van der Waals surface area contributed by atoms with Crippen LogP contribution in [0, 0.1) is 12.7 Å². The molecule has 0 fully saturated rings. The third-order valence-corrected chi connectivity index (χ3v) is 2.65. The number of amides is 1. The van der Waals surface area contributed by atoms with Crippen LogP contribution < -0.4 is 5.32 Å². The largest absolute Gasteiger partial charge is 0.319 e. The molecule has 0 spiro atoms. The molecule has 1 aromatic carbocycles. The van der Waals surface area contributed by atoms with Crippen LogP contribution in [-0.4, -0.2) is 10.9 Å². The van der Waals surface area contributed by atoms with Crippen LogP contribution in [0.15, 0.2) is 36.7 Å². The molecule has 5 heteroatoms. The summed E-state index contributed by atoms with van der Waals surface area (Å²) < 4.78 is 13.2. The molecule has 1 amide bonds. The zero-order valence-corrected chi connectivity index (χ0v) is 10.3. The predicted molar refractivity (Wildman–Crippen MR) is 68.3 cm³/mol. The second kappa shape index (κ2) is 5.14. The highest BCUT2D eigenvalue weighted by atomic mass is 35.5. The fourth-order valence-corrected chi connectivity index (χ4v) is 1.68. The van der Waals surface area contributed by atoms with Gasteiger partial charge in [0.1, 0.15) is 5.82 Å². The van der Waals surface area contributed by atoms with E-state index in [1.807, 2.05) is 0 Å². The lowest BCUT2D eigenvalue weighted by Gasteiger charge is -2.07. The number of anilines is 1. The van der Waals surface area contributed by atoms with E-state index >= 15 is 0 Å². The molecule has 2 rings (SSSR count). The Morgan fingerprint density at radius 1 is 1.39 bits per heavy atom. The smallest absolute Gasteiger partial charge is 0.255 e. The molecule has 0 radical (unpaired) electrons. The SMILES string of the molecule is Cc1cc(F)cc(C(=O)Nc2cnccc2Cl)c1. The quantitative estimate of drug-likeness (QED) is 0.903. The molecular formula is C13H10ClFN2O. The van der Waals surface area contributed by atoms with Crippen LogP contribution in [0.2, 0.25) is 5.02 Å². The van der Waals surface area contributed by atoms with Crippen molar-refractivity contribution in [1.82, 2.24) is 4.98 Å². The van der Waals surface area contributed by atoms with Crippen LogP contribution in [0.25, 0.3) is 0 Å². The Morgan fingerprint density at radius 3 is 2.83 bits per heavy atom. The average molecular weight is 265 g/mol. The third kappa shape index (κ3) is 2.84. The van der Waals surface area contributed by atoms with E-state index in [4.69, 9.17) is 11.6 Å². The van der Waals surface area contributed by atoms with Crippen molar-refractivity contribution in [3.8, 4) is 0 Å². The van der Waals surface area contributed by atoms with Gasteiger partial charge < -0.3 is 5.32 Å².